The molecule has 1 aliphatic heterocycles. The number of aromatic nitrogens is 3. The maximum atomic E-state index is 13.6. The Morgan fingerprint density at radius 1 is 1.03 bits per heavy atom. The van der Waals surface area contributed by atoms with E-state index < -0.39 is 0 Å². The highest BCUT2D eigenvalue weighted by Gasteiger charge is 2.14. The van der Waals surface area contributed by atoms with Crippen LogP contribution in [0.25, 0.3) is 22.2 Å². The predicted molar refractivity (Wildman–Crippen MR) is 123 cm³/mol. The van der Waals surface area contributed by atoms with E-state index in [0.29, 0.717) is 6.54 Å². The molecule has 0 bridgehead atoms. The summed E-state index contributed by atoms with van der Waals surface area (Å²) in [7, 11) is 2.17. The molecule has 0 unspecified atom stereocenters. The van der Waals surface area contributed by atoms with Crippen molar-refractivity contribution in [1.29, 1.82) is 0 Å². The number of anilines is 2. The van der Waals surface area contributed by atoms with Crippen LogP contribution < -0.4 is 10.2 Å². The second-order valence-corrected chi connectivity index (χ2v) is 8.02. The number of nitrogens with one attached hydrogen (secondary N) is 2. The van der Waals surface area contributed by atoms with Crippen molar-refractivity contribution in [3.8, 4) is 11.1 Å². The molecule has 0 aliphatic carbocycles. The monoisotopic (exact) mass is 416 g/mol. The van der Waals surface area contributed by atoms with Gasteiger partial charge in [-0.05, 0) is 36.9 Å². The van der Waals surface area contributed by atoms with Gasteiger partial charge in [-0.25, -0.2) is 9.37 Å². The Labute approximate surface area is 180 Å². The van der Waals surface area contributed by atoms with Gasteiger partial charge in [0.05, 0.1) is 18.1 Å². The highest BCUT2D eigenvalue weighted by atomic mass is 19.1. The number of rotatable bonds is 5. The third kappa shape index (κ3) is 4.22. The van der Waals surface area contributed by atoms with E-state index >= 15 is 0 Å². The number of piperazine rings is 1. The molecule has 0 spiro atoms. The van der Waals surface area contributed by atoms with Gasteiger partial charge >= 0.3 is 0 Å². The number of benzene rings is 1. The Balaban J connectivity index is 1.29. The van der Waals surface area contributed by atoms with E-state index in [9.17, 15) is 4.39 Å². The van der Waals surface area contributed by atoms with Gasteiger partial charge in [-0.2, -0.15) is 0 Å². The molecular weight excluding hydrogens is 391 g/mol. The van der Waals surface area contributed by atoms with Crippen molar-refractivity contribution in [3.05, 3.63) is 72.6 Å². The van der Waals surface area contributed by atoms with Crippen molar-refractivity contribution in [2.24, 2.45) is 0 Å². The third-order valence-corrected chi connectivity index (χ3v) is 5.85. The smallest absolute Gasteiger partial charge is 0.142 e. The first kappa shape index (κ1) is 19.5. The van der Waals surface area contributed by atoms with Gasteiger partial charge in [0.1, 0.15) is 11.5 Å². The van der Waals surface area contributed by atoms with Crippen LogP contribution in [-0.2, 0) is 6.54 Å². The Bertz CT molecular complexity index is 1180. The zero-order valence-corrected chi connectivity index (χ0v) is 17.5. The molecule has 3 aromatic heterocycles. The number of hydrogen-bond donors (Lipinski definition) is 2. The van der Waals surface area contributed by atoms with Crippen molar-refractivity contribution in [1.82, 2.24) is 19.9 Å². The molecule has 1 saturated heterocycles. The minimum absolute atomic E-state index is 0.353. The van der Waals surface area contributed by atoms with Gasteiger partial charge in [-0.15, -0.1) is 0 Å². The number of nitrogens with zero attached hydrogens (tertiary/aromatic N) is 4. The summed E-state index contributed by atoms with van der Waals surface area (Å²) in [5.41, 5.74) is 5.78. The van der Waals surface area contributed by atoms with E-state index in [1.807, 2.05) is 18.5 Å². The molecule has 1 aromatic carbocycles. The number of pyridine rings is 2. The Hall–Kier alpha value is -3.45. The molecular formula is C24H25FN6. The second kappa shape index (κ2) is 8.35. The van der Waals surface area contributed by atoms with E-state index in [0.717, 1.165) is 54.0 Å². The molecule has 4 heterocycles. The lowest BCUT2D eigenvalue weighted by atomic mass is 10.1. The first-order valence-corrected chi connectivity index (χ1v) is 10.5. The molecule has 4 aromatic rings. The molecule has 1 fully saturated rings. The standard InChI is InChI=1S/C24H25FN6/c1-30-6-8-31(9-7-30)21-4-2-17(3-5-21)12-27-20-11-22-23(16-29-24(22)28-15-20)18-10-19(25)14-26-13-18/h2-5,10-11,13-16,27H,6-9,12H2,1H3,(H,28,29). The van der Waals surface area contributed by atoms with Gasteiger partial charge in [0, 0.05) is 67.3 Å². The highest BCUT2D eigenvalue weighted by molar-refractivity contribution is 5.95. The Morgan fingerprint density at radius 3 is 2.61 bits per heavy atom. The number of fused-ring (bicyclic) bond motifs is 1. The normalized spacial score (nSPS) is 14.8. The van der Waals surface area contributed by atoms with E-state index in [1.165, 1.54) is 23.5 Å². The van der Waals surface area contributed by atoms with Crippen LogP contribution in [0.2, 0.25) is 0 Å². The van der Waals surface area contributed by atoms with Crippen LogP contribution >= 0.6 is 0 Å². The summed E-state index contributed by atoms with van der Waals surface area (Å²) < 4.78 is 13.6. The lowest BCUT2D eigenvalue weighted by Crippen LogP contribution is -2.44. The minimum Gasteiger partial charge on any atom is -0.380 e. The van der Waals surface area contributed by atoms with Gasteiger partial charge in [0.15, 0.2) is 0 Å². The van der Waals surface area contributed by atoms with E-state index in [2.05, 4.69) is 61.4 Å². The molecule has 7 heteroatoms. The number of hydrogen-bond acceptors (Lipinski definition) is 5. The van der Waals surface area contributed by atoms with Crippen LogP contribution in [-0.4, -0.2) is 53.1 Å². The Kier molecular flexibility index (Phi) is 5.26. The molecule has 0 atom stereocenters. The fourth-order valence-electron chi connectivity index (χ4n) is 3.99. The summed E-state index contributed by atoms with van der Waals surface area (Å²) in [6, 6.07) is 12.3. The molecule has 0 radical (unpaired) electrons. The summed E-state index contributed by atoms with van der Waals surface area (Å²) >= 11 is 0. The first-order chi connectivity index (χ1) is 15.2. The van der Waals surface area contributed by atoms with Crippen molar-refractivity contribution in [2.45, 2.75) is 6.54 Å². The van der Waals surface area contributed by atoms with Crippen molar-refractivity contribution in [2.75, 3.05) is 43.4 Å². The second-order valence-electron chi connectivity index (χ2n) is 8.02. The number of aromatic amines is 1. The van der Waals surface area contributed by atoms with Crippen LogP contribution in [0, 0.1) is 5.82 Å². The average Bonchev–Trinajstić information content (AvgIpc) is 3.22. The molecule has 2 N–H and O–H groups in total. The van der Waals surface area contributed by atoms with E-state index in [4.69, 9.17) is 0 Å². The number of halogens is 1. The van der Waals surface area contributed by atoms with Gasteiger partial charge < -0.3 is 20.1 Å². The molecule has 31 heavy (non-hydrogen) atoms. The topological polar surface area (TPSA) is 60.1 Å². The van der Waals surface area contributed by atoms with E-state index in [-0.39, 0.29) is 5.82 Å². The molecule has 5 rings (SSSR count). The first-order valence-electron chi connectivity index (χ1n) is 10.5. The summed E-state index contributed by atoms with van der Waals surface area (Å²) in [6.07, 6.45) is 6.52. The van der Waals surface area contributed by atoms with Crippen LogP contribution in [0.3, 0.4) is 0 Å². The SMILES string of the molecule is CN1CCN(c2ccc(CNc3cnc4[nH]cc(-c5cncc(F)c5)c4c3)cc2)CC1. The van der Waals surface area contributed by atoms with Gasteiger partial charge in [0.25, 0.3) is 0 Å². The quantitative estimate of drug-likeness (QED) is 0.512. The fourth-order valence-corrected chi connectivity index (χ4v) is 3.99. The highest BCUT2D eigenvalue weighted by Crippen LogP contribution is 2.29. The molecule has 0 saturated carbocycles. The third-order valence-electron chi connectivity index (χ3n) is 5.85. The summed E-state index contributed by atoms with van der Waals surface area (Å²) in [5, 5.41) is 4.38. The largest absolute Gasteiger partial charge is 0.380 e. The summed E-state index contributed by atoms with van der Waals surface area (Å²) in [6.45, 7) is 5.05. The van der Waals surface area contributed by atoms with Crippen LogP contribution in [0.5, 0.6) is 0 Å². The van der Waals surface area contributed by atoms with Crippen molar-refractivity contribution < 1.29 is 4.39 Å². The lowest BCUT2D eigenvalue weighted by Gasteiger charge is -2.34. The van der Waals surface area contributed by atoms with Gasteiger partial charge in [-0.3, -0.25) is 4.98 Å². The zero-order chi connectivity index (χ0) is 21.2. The van der Waals surface area contributed by atoms with E-state index in [1.54, 1.807) is 6.20 Å². The maximum absolute atomic E-state index is 13.6. The summed E-state index contributed by atoms with van der Waals surface area (Å²) in [5.74, 6) is -0.353. The lowest BCUT2D eigenvalue weighted by molar-refractivity contribution is 0.313. The van der Waals surface area contributed by atoms with Crippen molar-refractivity contribution in [3.63, 3.8) is 0 Å². The molecule has 0 amide bonds. The van der Waals surface area contributed by atoms with Crippen LogP contribution in [0.1, 0.15) is 5.56 Å². The average molecular weight is 417 g/mol. The minimum atomic E-state index is -0.353. The molecule has 1 aliphatic rings. The van der Waals surface area contributed by atoms with Gasteiger partial charge in [-0.1, -0.05) is 12.1 Å². The Morgan fingerprint density at radius 2 is 1.84 bits per heavy atom. The van der Waals surface area contributed by atoms with Crippen LogP contribution in [0.4, 0.5) is 15.8 Å². The zero-order valence-electron chi connectivity index (χ0n) is 17.5. The maximum Gasteiger partial charge on any atom is 0.142 e. The predicted octanol–water partition coefficient (Wildman–Crippen LogP) is 4.13. The molecule has 158 valence electrons. The van der Waals surface area contributed by atoms with Crippen molar-refractivity contribution >= 4 is 22.4 Å². The summed E-state index contributed by atoms with van der Waals surface area (Å²) in [4.78, 5) is 16.4. The fraction of sp³-hybridized carbons (Fsp3) is 0.250. The number of H-pyrrole nitrogens is 1. The van der Waals surface area contributed by atoms with Crippen LogP contribution in [0.15, 0.2) is 61.2 Å². The number of likely N-dealkylation sites (N-methyl/N-ethyl adjacent to an activating group) is 1. The van der Waals surface area contributed by atoms with Gasteiger partial charge in [0.2, 0.25) is 0 Å². The molecule has 6 nitrogen and oxygen atoms in total.